The van der Waals surface area contributed by atoms with Gasteiger partial charge in [0.05, 0.1) is 30.3 Å². The molecule has 1 aliphatic heterocycles. The maximum atomic E-state index is 13.5. The first-order valence-corrected chi connectivity index (χ1v) is 12.7. The fraction of sp³-hybridized carbons (Fsp3) is 0.400. The van der Waals surface area contributed by atoms with E-state index in [-0.39, 0.29) is 41.7 Å². The molecule has 0 bridgehead atoms. The maximum absolute atomic E-state index is 13.5. The number of aryl methyl sites for hydroxylation is 1. The Morgan fingerprint density at radius 3 is 2.46 bits per heavy atom. The Hall–Kier alpha value is -4.89. The van der Waals surface area contributed by atoms with Crippen molar-refractivity contribution in [2.75, 3.05) is 23.3 Å². The average molecular weight is 567 g/mol. The SMILES string of the molecule is CC(=O)Cn1c(=O)c2c(ncn2[C@@H](C)C(=O)Nc2ccnc(-c3cnc(N4CC5C(C4)C5(F)F)nc3)n2)n(C)c1=O. The molecule has 1 amide bonds. The summed E-state index contributed by atoms with van der Waals surface area (Å²) in [5.74, 6) is -4.05. The second kappa shape index (κ2) is 9.35. The number of carbonyl (C=O) groups is 2. The first-order valence-electron chi connectivity index (χ1n) is 12.7. The van der Waals surface area contributed by atoms with E-state index in [0.29, 0.717) is 11.5 Å². The van der Waals surface area contributed by atoms with Gasteiger partial charge in [-0.1, -0.05) is 0 Å². The van der Waals surface area contributed by atoms with E-state index in [2.05, 4.69) is 30.2 Å². The molecule has 2 unspecified atom stereocenters. The van der Waals surface area contributed by atoms with Gasteiger partial charge in [-0.15, -0.1) is 0 Å². The highest BCUT2D eigenvalue weighted by Crippen LogP contribution is 2.59. The highest BCUT2D eigenvalue weighted by molar-refractivity contribution is 5.93. The highest BCUT2D eigenvalue weighted by atomic mass is 19.3. The standard InChI is InChI=1S/C25H24F2N10O4/c1-12(38)8-36-22(40)18-20(34(3)24(36)41)31-11-37(18)13(2)21(39)33-17-4-5-28-19(32-17)14-6-29-23(30-7-14)35-9-15-16(10-35)25(15,26)27/h4-7,11,13,15-16H,8-10H2,1-3H3,(H,28,32,33,39)/t13-,15?,16?/m0/s1. The van der Waals surface area contributed by atoms with Crippen LogP contribution in [0.25, 0.3) is 22.6 Å². The third-order valence-corrected chi connectivity index (χ3v) is 7.52. The van der Waals surface area contributed by atoms with Gasteiger partial charge in [0.2, 0.25) is 11.9 Å². The molecule has 1 N–H and O–H groups in total. The quantitative estimate of drug-likeness (QED) is 0.336. The summed E-state index contributed by atoms with van der Waals surface area (Å²) in [6.07, 6.45) is 5.70. The topological polar surface area (TPSA) is 163 Å². The molecule has 41 heavy (non-hydrogen) atoms. The Bertz CT molecular complexity index is 1820. The smallest absolute Gasteiger partial charge is 0.332 e. The number of fused-ring (bicyclic) bond motifs is 2. The van der Waals surface area contributed by atoms with E-state index in [4.69, 9.17) is 0 Å². The van der Waals surface area contributed by atoms with E-state index >= 15 is 0 Å². The van der Waals surface area contributed by atoms with Gasteiger partial charge in [-0.3, -0.25) is 23.5 Å². The van der Waals surface area contributed by atoms with E-state index in [1.165, 1.54) is 49.5 Å². The van der Waals surface area contributed by atoms with Crippen molar-refractivity contribution in [3.05, 3.63) is 51.8 Å². The molecule has 0 radical (unpaired) electrons. The molecule has 4 aromatic rings. The number of anilines is 2. The van der Waals surface area contributed by atoms with Crippen LogP contribution in [-0.4, -0.2) is 69.3 Å². The lowest BCUT2D eigenvalue weighted by molar-refractivity contribution is -0.119. The van der Waals surface area contributed by atoms with Crippen LogP contribution in [0, 0.1) is 11.8 Å². The minimum Gasteiger partial charge on any atom is -0.340 e. The van der Waals surface area contributed by atoms with Crippen molar-refractivity contribution in [1.29, 1.82) is 0 Å². The normalized spacial score (nSPS) is 19.7. The van der Waals surface area contributed by atoms with Crippen LogP contribution in [0.3, 0.4) is 0 Å². The molecule has 2 fully saturated rings. The molecular formula is C25H24F2N10O4. The van der Waals surface area contributed by atoms with Crippen molar-refractivity contribution in [2.24, 2.45) is 18.9 Å². The number of aromatic nitrogens is 8. The number of hydrogen-bond acceptors (Lipinski definition) is 10. The first-order chi connectivity index (χ1) is 19.5. The van der Waals surface area contributed by atoms with E-state index in [0.717, 1.165) is 9.13 Å². The number of carbonyl (C=O) groups excluding carboxylic acids is 2. The summed E-state index contributed by atoms with van der Waals surface area (Å²) < 4.78 is 30.3. The predicted molar refractivity (Wildman–Crippen MR) is 140 cm³/mol. The molecule has 212 valence electrons. The number of nitrogens with zero attached hydrogens (tertiary/aromatic N) is 9. The zero-order valence-corrected chi connectivity index (χ0v) is 22.2. The van der Waals surface area contributed by atoms with Gasteiger partial charge in [0.15, 0.2) is 17.0 Å². The van der Waals surface area contributed by atoms with Crippen molar-refractivity contribution in [2.45, 2.75) is 32.4 Å². The average Bonchev–Trinajstić information content (AvgIpc) is 3.38. The van der Waals surface area contributed by atoms with Gasteiger partial charge in [0.25, 0.3) is 11.5 Å². The van der Waals surface area contributed by atoms with Crippen molar-refractivity contribution in [1.82, 2.24) is 38.6 Å². The summed E-state index contributed by atoms with van der Waals surface area (Å²) in [5.41, 5.74) is -0.894. The molecule has 1 saturated heterocycles. The van der Waals surface area contributed by atoms with Crippen molar-refractivity contribution >= 4 is 34.6 Å². The summed E-state index contributed by atoms with van der Waals surface area (Å²) in [4.78, 5) is 73.4. The largest absolute Gasteiger partial charge is 0.340 e. The molecule has 2 aliphatic rings. The fourth-order valence-corrected chi connectivity index (χ4v) is 5.14. The number of imidazole rings is 1. The lowest BCUT2D eigenvalue weighted by Crippen LogP contribution is -2.41. The van der Waals surface area contributed by atoms with Crippen LogP contribution in [0.5, 0.6) is 0 Å². The minimum absolute atomic E-state index is 0.00404. The van der Waals surface area contributed by atoms with Crippen molar-refractivity contribution in [3.8, 4) is 11.4 Å². The van der Waals surface area contributed by atoms with Gasteiger partial charge in [0.1, 0.15) is 17.6 Å². The number of rotatable bonds is 7. The van der Waals surface area contributed by atoms with Crippen LogP contribution in [0.2, 0.25) is 0 Å². The van der Waals surface area contributed by atoms with Crippen LogP contribution in [-0.2, 0) is 23.2 Å². The van der Waals surface area contributed by atoms with Gasteiger partial charge in [-0.2, -0.15) is 0 Å². The summed E-state index contributed by atoms with van der Waals surface area (Å²) in [7, 11) is 1.42. The molecule has 14 nitrogen and oxygen atoms in total. The monoisotopic (exact) mass is 566 g/mol. The molecule has 0 aromatic carbocycles. The Morgan fingerprint density at radius 1 is 1.12 bits per heavy atom. The first kappa shape index (κ1) is 26.3. The Kier molecular flexibility index (Phi) is 6.00. The lowest BCUT2D eigenvalue weighted by Gasteiger charge is -2.19. The molecule has 1 saturated carbocycles. The van der Waals surface area contributed by atoms with Gasteiger partial charge in [-0.25, -0.2) is 38.5 Å². The zero-order chi connectivity index (χ0) is 29.2. The summed E-state index contributed by atoms with van der Waals surface area (Å²) in [5, 5.41) is 2.68. The molecule has 4 aromatic heterocycles. The van der Waals surface area contributed by atoms with E-state index in [9.17, 15) is 28.0 Å². The lowest BCUT2D eigenvalue weighted by atomic mass is 10.3. The number of hydrogen-bond donors (Lipinski definition) is 1. The number of nitrogens with one attached hydrogen (secondary N) is 1. The number of amides is 1. The number of Topliss-reactive ketones (excluding diaryl/α,β-unsaturated/α-hetero) is 1. The summed E-state index contributed by atoms with van der Waals surface area (Å²) in [6.45, 7) is 2.82. The third kappa shape index (κ3) is 4.35. The van der Waals surface area contributed by atoms with E-state index in [1.807, 2.05) is 0 Å². The van der Waals surface area contributed by atoms with Crippen LogP contribution in [0.15, 0.2) is 40.6 Å². The van der Waals surface area contributed by atoms with Gasteiger partial charge < -0.3 is 14.8 Å². The van der Waals surface area contributed by atoms with Crippen molar-refractivity contribution < 1.29 is 18.4 Å². The predicted octanol–water partition coefficient (Wildman–Crippen LogP) is 0.634. The van der Waals surface area contributed by atoms with Gasteiger partial charge in [0, 0.05) is 38.7 Å². The van der Waals surface area contributed by atoms with Crippen LogP contribution in [0.4, 0.5) is 20.5 Å². The highest BCUT2D eigenvalue weighted by Gasteiger charge is 2.72. The number of halogens is 2. The number of alkyl halides is 2. The Morgan fingerprint density at radius 2 is 1.80 bits per heavy atom. The summed E-state index contributed by atoms with van der Waals surface area (Å²) >= 11 is 0. The van der Waals surface area contributed by atoms with E-state index in [1.54, 1.807) is 11.8 Å². The Balaban J connectivity index is 1.20. The van der Waals surface area contributed by atoms with E-state index < -0.39 is 47.5 Å². The number of ketones is 1. The number of piperidine rings is 1. The molecule has 3 atom stereocenters. The second-order valence-corrected chi connectivity index (χ2v) is 10.3. The zero-order valence-electron chi connectivity index (χ0n) is 22.2. The molecule has 1 aliphatic carbocycles. The van der Waals surface area contributed by atoms with Gasteiger partial charge in [-0.05, 0) is 19.9 Å². The van der Waals surface area contributed by atoms with Crippen LogP contribution >= 0.6 is 0 Å². The molecule has 0 spiro atoms. The third-order valence-electron chi connectivity index (χ3n) is 7.52. The molecule has 6 rings (SSSR count). The Labute approximate surface area is 229 Å². The van der Waals surface area contributed by atoms with Crippen LogP contribution in [0.1, 0.15) is 19.9 Å². The maximum Gasteiger partial charge on any atom is 0.332 e. The second-order valence-electron chi connectivity index (χ2n) is 10.3. The molecule has 16 heteroatoms. The molecule has 5 heterocycles. The van der Waals surface area contributed by atoms with Gasteiger partial charge >= 0.3 is 5.69 Å². The minimum atomic E-state index is -2.59. The summed E-state index contributed by atoms with van der Waals surface area (Å²) in [6, 6.07) is 0.534. The van der Waals surface area contributed by atoms with Crippen molar-refractivity contribution in [3.63, 3.8) is 0 Å². The fourth-order valence-electron chi connectivity index (χ4n) is 5.14. The van der Waals surface area contributed by atoms with Crippen LogP contribution < -0.4 is 21.5 Å². The molecular weight excluding hydrogens is 542 g/mol.